The average molecular weight is 230 g/mol. The molecule has 0 aliphatic carbocycles. The fraction of sp³-hybridized carbons (Fsp3) is 0.467. The average Bonchev–Trinajstić information content (AvgIpc) is 2.70. The number of aromatic nitrogens is 1. The molecule has 2 aromatic rings. The van der Waals surface area contributed by atoms with Gasteiger partial charge in [-0.05, 0) is 31.0 Å². The first kappa shape index (κ1) is 12.2. The Morgan fingerprint density at radius 3 is 2.71 bits per heavy atom. The first-order chi connectivity index (χ1) is 8.36. The highest BCUT2D eigenvalue weighted by Crippen LogP contribution is 2.21. The number of hydrogen-bond acceptors (Lipinski definition) is 1. The molecule has 0 saturated heterocycles. The second kappa shape index (κ2) is 5.87. The Morgan fingerprint density at radius 2 is 1.94 bits per heavy atom. The van der Waals surface area contributed by atoms with E-state index in [1.54, 1.807) is 0 Å². The number of fused-ring (bicyclic) bond motifs is 1. The van der Waals surface area contributed by atoms with Crippen LogP contribution in [0.5, 0.6) is 0 Å². The molecule has 0 aliphatic heterocycles. The summed E-state index contributed by atoms with van der Waals surface area (Å²) in [6, 6.07) is 8.69. The van der Waals surface area contributed by atoms with E-state index in [0.717, 1.165) is 19.6 Å². The van der Waals surface area contributed by atoms with Crippen LogP contribution >= 0.6 is 0 Å². The molecule has 92 valence electrons. The van der Waals surface area contributed by atoms with Crippen molar-refractivity contribution in [2.24, 2.45) is 0 Å². The fourth-order valence-electron chi connectivity index (χ4n) is 2.29. The van der Waals surface area contributed by atoms with E-state index < -0.39 is 0 Å². The molecule has 0 radical (unpaired) electrons. The van der Waals surface area contributed by atoms with Gasteiger partial charge < -0.3 is 9.88 Å². The summed E-state index contributed by atoms with van der Waals surface area (Å²) in [6.07, 6.45) is 4.67. The smallest absolute Gasteiger partial charge is 0.0483 e. The van der Waals surface area contributed by atoms with Crippen molar-refractivity contribution in [3.8, 4) is 0 Å². The summed E-state index contributed by atoms with van der Waals surface area (Å²) in [5.41, 5.74) is 2.78. The highest BCUT2D eigenvalue weighted by molar-refractivity contribution is 5.83. The number of aryl methyl sites for hydroxylation is 1. The molecule has 0 aliphatic rings. The maximum Gasteiger partial charge on any atom is 0.0483 e. The van der Waals surface area contributed by atoms with Crippen molar-refractivity contribution in [3.63, 3.8) is 0 Å². The number of nitrogens with one attached hydrogen (secondary N) is 1. The van der Waals surface area contributed by atoms with E-state index in [-0.39, 0.29) is 0 Å². The zero-order valence-corrected chi connectivity index (χ0v) is 10.9. The maximum absolute atomic E-state index is 3.49. The highest BCUT2D eigenvalue weighted by Gasteiger charge is 2.06. The third-order valence-corrected chi connectivity index (χ3v) is 3.08. The number of benzene rings is 1. The van der Waals surface area contributed by atoms with Gasteiger partial charge in [-0.2, -0.15) is 0 Å². The molecular formula is C15H22N2. The predicted molar refractivity (Wildman–Crippen MR) is 74.2 cm³/mol. The molecule has 1 N–H and O–H groups in total. The lowest BCUT2D eigenvalue weighted by Gasteiger charge is -2.01. The van der Waals surface area contributed by atoms with Crippen molar-refractivity contribution in [1.29, 1.82) is 0 Å². The number of para-hydroxylation sites is 1. The fourth-order valence-corrected chi connectivity index (χ4v) is 2.29. The van der Waals surface area contributed by atoms with Crippen LogP contribution in [0.4, 0.5) is 0 Å². The first-order valence-electron chi connectivity index (χ1n) is 6.64. The van der Waals surface area contributed by atoms with Gasteiger partial charge in [-0.1, -0.05) is 32.0 Å². The van der Waals surface area contributed by atoms with Crippen molar-refractivity contribution in [1.82, 2.24) is 9.88 Å². The van der Waals surface area contributed by atoms with E-state index in [9.17, 15) is 0 Å². The third-order valence-electron chi connectivity index (χ3n) is 3.08. The Labute approximate surface area is 104 Å². The van der Waals surface area contributed by atoms with Crippen LogP contribution in [0.15, 0.2) is 30.5 Å². The van der Waals surface area contributed by atoms with Gasteiger partial charge in [0.2, 0.25) is 0 Å². The minimum atomic E-state index is 0.977. The zero-order valence-electron chi connectivity index (χ0n) is 10.9. The molecule has 2 nitrogen and oxygen atoms in total. The van der Waals surface area contributed by atoms with Gasteiger partial charge in [0.1, 0.15) is 0 Å². The predicted octanol–water partition coefficient (Wildman–Crippen LogP) is 3.55. The molecule has 1 aromatic carbocycles. The third kappa shape index (κ3) is 2.70. The van der Waals surface area contributed by atoms with E-state index in [1.165, 1.54) is 29.3 Å². The van der Waals surface area contributed by atoms with Gasteiger partial charge in [0.15, 0.2) is 0 Å². The van der Waals surface area contributed by atoms with Crippen LogP contribution in [0.25, 0.3) is 10.9 Å². The van der Waals surface area contributed by atoms with E-state index in [1.807, 2.05) is 0 Å². The molecule has 17 heavy (non-hydrogen) atoms. The summed E-state index contributed by atoms with van der Waals surface area (Å²) in [5, 5.41) is 4.88. The van der Waals surface area contributed by atoms with Gasteiger partial charge in [-0.3, -0.25) is 0 Å². The molecule has 0 amide bonds. The molecule has 0 atom stereocenters. The van der Waals surface area contributed by atoms with Crippen molar-refractivity contribution >= 4 is 10.9 Å². The molecule has 1 aromatic heterocycles. The summed E-state index contributed by atoms with van der Waals surface area (Å²) in [6.45, 7) is 7.60. The highest BCUT2D eigenvalue weighted by atomic mass is 15.0. The van der Waals surface area contributed by atoms with Crippen molar-refractivity contribution in [2.45, 2.75) is 39.8 Å². The van der Waals surface area contributed by atoms with Crippen molar-refractivity contribution in [3.05, 3.63) is 36.0 Å². The minimum Gasteiger partial charge on any atom is -0.347 e. The van der Waals surface area contributed by atoms with Gasteiger partial charge in [-0.15, -0.1) is 0 Å². The normalized spacial score (nSPS) is 11.2. The van der Waals surface area contributed by atoms with E-state index in [2.05, 4.69) is 54.2 Å². The SMILES string of the molecule is CCCNCc1cn(CCC)c2ccccc12. The molecule has 0 unspecified atom stereocenters. The number of hydrogen-bond donors (Lipinski definition) is 1. The second-order valence-corrected chi connectivity index (χ2v) is 4.54. The van der Waals surface area contributed by atoms with Gasteiger partial charge in [0.05, 0.1) is 0 Å². The molecule has 0 saturated carbocycles. The second-order valence-electron chi connectivity index (χ2n) is 4.54. The quantitative estimate of drug-likeness (QED) is 0.751. The molecular weight excluding hydrogens is 208 g/mol. The Hall–Kier alpha value is -1.28. The van der Waals surface area contributed by atoms with Gasteiger partial charge in [0, 0.05) is 30.2 Å². The topological polar surface area (TPSA) is 17.0 Å². The van der Waals surface area contributed by atoms with E-state index in [0.29, 0.717) is 0 Å². The van der Waals surface area contributed by atoms with Crippen LogP contribution < -0.4 is 5.32 Å². The minimum absolute atomic E-state index is 0.977. The lowest BCUT2D eigenvalue weighted by molar-refractivity contribution is 0.667. The van der Waals surface area contributed by atoms with Crippen LogP contribution in [-0.2, 0) is 13.1 Å². The van der Waals surface area contributed by atoms with Crippen molar-refractivity contribution in [2.75, 3.05) is 6.54 Å². The summed E-state index contributed by atoms with van der Waals surface area (Å²) in [5.74, 6) is 0. The molecule has 2 rings (SSSR count). The van der Waals surface area contributed by atoms with Crippen LogP contribution in [0.2, 0.25) is 0 Å². The van der Waals surface area contributed by atoms with Crippen LogP contribution in [0.3, 0.4) is 0 Å². The van der Waals surface area contributed by atoms with Crippen LogP contribution in [-0.4, -0.2) is 11.1 Å². The zero-order chi connectivity index (χ0) is 12.1. The Kier molecular flexibility index (Phi) is 4.21. The Balaban J connectivity index is 2.28. The van der Waals surface area contributed by atoms with Gasteiger partial charge >= 0.3 is 0 Å². The van der Waals surface area contributed by atoms with Crippen LogP contribution in [0.1, 0.15) is 32.3 Å². The Bertz CT molecular complexity index is 471. The molecule has 0 bridgehead atoms. The van der Waals surface area contributed by atoms with Crippen LogP contribution in [0, 0.1) is 0 Å². The lowest BCUT2D eigenvalue weighted by Crippen LogP contribution is -2.13. The summed E-state index contributed by atoms with van der Waals surface area (Å²) >= 11 is 0. The monoisotopic (exact) mass is 230 g/mol. The van der Waals surface area contributed by atoms with E-state index in [4.69, 9.17) is 0 Å². The largest absolute Gasteiger partial charge is 0.347 e. The summed E-state index contributed by atoms with van der Waals surface area (Å²) < 4.78 is 2.37. The standard InChI is InChI=1S/C15H22N2/c1-3-9-16-11-13-12-17(10-4-2)15-8-6-5-7-14(13)15/h5-8,12,16H,3-4,9-11H2,1-2H3. The lowest BCUT2D eigenvalue weighted by atomic mass is 10.2. The number of rotatable bonds is 6. The number of nitrogens with zero attached hydrogens (tertiary/aromatic N) is 1. The molecule has 2 heteroatoms. The maximum atomic E-state index is 3.49. The summed E-state index contributed by atoms with van der Waals surface area (Å²) in [7, 11) is 0. The molecule has 1 heterocycles. The molecule has 0 spiro atoms. The molecule has 0 fully saturated rings. The Morgan fingerprint density at radius 1 is 1.12 bits per heavy atom. The first-order valence-corrected chi connectivity index (χ1v) is 6.64. The van der Waals surface area contributed by atoms with Gasteiger partial charge in [-0.25, -0.2) is 0 Å². The van der Waals surface area contributed by atoms with Gasteiger partial charge in [0.25, 0.3) is 0 Å². The summed E-state index contributed by atoms with van der Waals surface area (Å²) in [4.78, 5) is 0. The van der Waals surface area contributed by atoms with Crippen molar-refractivity contribution < 1.29 is 0 Å². The van der Waals surface area contributed by atoms with E-state index >= 15 is 0 Å².